The standard InChI is InChI=1S/C21H21N3O3S2/c1-3-10-24-20(26)18-15(16-9-6-11-27-16)12-28-19(18)22-21(24)29-13-17(25)23(2)14-7-4-5-8-14/h3,6-7,9,11-12H,1,4-5,8,10,13H2,2H3. The summed E-state index contributed by atoms with van der Waals surface area (Å²) in [5, 5.41) is 2.95. The lowest BCUT2D eigenvalue weighted by Gasteiger charge is -2.18. The van der Waals surface area contributed by atoms with Crippen LogP contribution in [0.1, 0.15) is 19.3 Å². The van der Waals surface area contributed by atoms with Crippen molar-refractivity contribution in [2.75, 3.05) is 12.8 Å². The monoisotopic (exact) mass is 427 g/mol. The number of amides is 1. The van der Waals surface area contributed by atoms with Crippen LogP contribution in [-0.2, 0) is 11.3 Å². The van der Waals surface area contributed by atoms with E-state index in [1.54, 1.807) is 27.9 Å². The Hall–Kier alpha value is -2.58. The van der Waals surface area contributed by atoms with Crippen LogP contribution in [0.15, 0.2) is 62.6 Å². The van der Waals surface area contributed by atoms with E-state index in [-0.39, 0.29) is 17.2 Å². The second-order valence-corrected chi connectivity index (χ2v) is 8.54. The highest BCUT2D eigenvalue weighted by Gasteiger charge is 2.20. The lowest BCUT2D eigenvalue weighted by molar-refractivity contribution is -0.125. The molecule has 1 amide bonds. The second kappa shape index (κ2) is 8.42. The first-order valence-electron chi connectivity index (χ1n) is 9.35. The number of carbonyl (C=O) groups is 1. The van der Waals surface area contributed by atoms with Crippen LogP contribution in [0.3, 0.4) is 0 Å². The van der Waals surface area contributed by atoms with Gasteiger partial charge in [-0.05, 0) is 31.4 Å². The zero-order chi connectivity index (χ0) is 20.4. The van der Waals surface area contributed by atoms with Crippen LogP contribution in [0.5, 0.6) is 0 Å². The molecule has 0 saturated heterocycles. The van der Waals surface area contributed by atoms with E-state index in [9.17, 15) is 9.59 Å². The van der Waals surface area contributed by atoms with Gasteiger partial charge in [-0.15, -0.1) is 17.9 Å². The Morgan fingerprint density at radius 3 is 3.07 bits per heavy atom. The Labute approximate surface area is 176 Å². The lowest BCUT2D eigenvalue weighted by atomic mass is 10.2. The molecule has 6 nitrogen and oxygen atoms in total. The number of allylic oxidation sites excluding steroid dienone is 3. The normalized spacial score (nSPS) is 13.6. The van der Waals surface area contributed by atoms with Crippen LogP contribution in [0.4, 0.5) is 0 Å². The minimum Gasteiger partial charge on any atom is -0.464 e. The molecule has 1 aliphatic carbocycles. The SMILES string of the molecule is C=CCn1c(SCC(=O)N(C)C2=CCCC2)nc2scc(-c3ccco3)c2c1=O. The van der Waals surface area contributed by atoms with Crippen molar-refractivity contribution < 1.29 is 9.21 Å². The van der Waals surface area contributed by atoms with Crippen LogP contribution in [0.25, 0.3) is 21.5 Å². The van der Waals surface area contributed by atoms with Gasteiger partial charge in [0.15, 0.2) is 5.16 Å². The van der Waals surface area contributed by atoms with Gasteiger partial charge in [0.05, 0.1) is 17.4 Å². The molecule has 0 saturated carbocycles. The van der Waals surface area contributed by atoms with Crippen molar-refractivity contribution in [3.63, 3.8) is 0 Å². The van der Waals surface area contributed by atoms with Gasteiger partial charge in [-0.25, -0.2) is 4.98 Å². The minimum absolute atomic E-state index is 0.00473. The molecule has 0 radical (unpaired) electrons. The molecule has 0 unspecified atom stereocenters. The average Bonchev–Trinajstić information content (AvgIpc) is 3.48. The quantitative estimate of drug-likeness (QED) is 0.315. The highest BCUT2D eigenvalue weighted by molar-refractivity contribution is 7.99. The summed E-state index contributed by atoms with van der Waals surface area (Å²) in [5.74, 6) is 0.867. The number of carbonyl (C=O) groups excluding carboxylic acids is 1. The largest absolute Gasteiger partial charge is 0.464 e. The maximum Gasteiger partial charge on any atom is 0.263 e. The van der Waals surface area contributed by atoms with E-state index in [4.69, 9.17) is 4.42 Å². The summed E-state index contributed by atoms with van der Waals surface area (Å²) >= 11 is 2.69. The van der Waals surface area contributed by atoms with E-state index in [0.29, 0.717) is 27.7 Å². The second-order valence-electron chi connectivity index (χ2n) is 6.73. The Morgan fingerprint density at radius 2 is 2.38 bits per heavy atom. The summed E-state index contributed by atoms with van der Waals surface area (Å²) < 4.78 is 7.05. The Balaban J connectivity index is 1.65. The van der Waals surface area contributed by atoms with Gasteiger partial charge < -0.3 is 9.32 Å². The number of thiophene rings is 1. The summed E-state index contributed by atoms with van der Waals surface area (Å²) in [6.07, 6.45) is 8.41. The van der Waals surface area contributed by atoms with Gasteiger partial charge in [-0.1, -0.05) is 23.9 Å². The molecule has 3 aromatic rings. The molecule has 0 N–H and O–H groups in total. The van der Waals surface area contributed by atoms with Gasteiger partial charge in [0.2, 0.25) is 5.91 Å². The first kappa shape index (κ1) is 19.7. The molecular formula is C21H21N3O3S2. The van der Waals surface area contributed by atoms with Gasteiger partial charge >= 0.3 is 0 Å². The molecule has 0 aliphatic heterocycles. The van der Waals surface area contributed by atoms with Crippen LogP contribution >= 0.6 is 23.1 Å². The van der Waals surface area contributed by atoms with Crippen LogP contribution in [0.2, 0.25) is 0 Å². The van der Waals surface area contributed by atoms with E-state index in [2.05, 4.69) is 17.6 Å². The van der Waals surface area contributed by atoms with Crippen LogP contribution < -0.4 is 5.56 Å². The van der Waals surface area contributed by atoms with Crippen molar-refractivity contribution in [2.24, 2.45) is 0 Å². The minimum atomic E-state index is -0.149. The van der Waals surface area contributed by atoms with Crippen LogP contribution in [-0.4, -0.2) is 33.2 Å². The zero-order valence-electron chi connectivity index (χ0n) is 16.1. The predicted octanol–water partition coefficient (Wildman–Crippen LogP) is 4.52. The summed E-state index contributed by atoms with van der Waals surface area (Å²) in [6.45, 7) is 4.08. The van der Waals surface area contributed by atoms with Gasteiger partial charge in [0.25, 0.3) is 5.56 Å². The van der Waals surface area contributed by atoms with Gasteiger partial charge in [-0.2, -0.15) is 0 Å². The number of furan rings is 1. The maximum atomic E-state index is 13.2. The molecule has 3 aromatic heterocycles. The first-order valence-corrected chi connectivity index (χ1v) is 11.2. The predicted molar refractivity (Wildman–Crippen MR) is 117 cm³/mol. The molecule has 0 spiro atoms. The number of hydrogen-bond acceptors (Lipinski definition) is 6. The molecule has 29 heavy (non-hydrogen) atoms. The molecule has 4 rings (SSSR count). The third-order valence-electron chi connectivity index (χ3n) is 4.90. The number of aromatic nitrogens is 2. The van der Waals surface area contributed by atoms with E-state index >= 15 is 0 Å². The van der Waals surface area contributed by atoms with Gasteiger partial charge in [0, 0.05) is 30.2 Å². The van der Waals surface area contributed by atoms with Gasteiger partial charge in [0.1, 0.15) is 10.6 Å². The highest BCUT2D eigenvalue weighted by atomic mass is 32.2. The average molecular weight is 428 g/mol. The summed E-state index contributed by atoms with van der Waals surface area (Å²) in [5.41, 5.74) is 1.67. The fourth-order valence-corrected chi connectivity index (χ4v) is 5.25. The van der Waals surface area contributed by atoms with Crippen LogP contribution in [0, 0.1) is 0 Å². The fraction of sp³-hybridized carbons (Fsp3) is 0.286. The van der Waals surface area contributed by atoms with Crippen molar-refractivity contribution >= 4 is 39.2 Å². The van der Waals surface area contributed by atoms with Crippen molar-refractivity contribution in [1.29, 1.82) is 0 Å². The first-order chi connectivity index (χ1) is 14.1. The van der Waals surface area contributed by atoms with E-state index in [0.717, 1.165) is 30.5 Å². The van der Waals surface area contributed by atoms with E-state index in [1.807, 2.05) is 18.5 Å². The number of rotatable bonds is 7. The van der Waals surface area contributed by atoms with E-state index < -0.39 is 0 Å². The van der Waals surface area contributed by atoms with Crippen molar-refractivity contribution in [1.82, 2.24) is 14.5 Å². The molecule has 0 fully saturated rings. The Bertz CT molecular complexity index is 1140. The number of fused-ring (bicyclic) bond motifs is 1. The number of hydrogen-bond donors (Lipinski definition) is 0. The number of thioether (sulfide) groups is 1. The maximum absolute atomic E-state index is 13.2. The zero-order valence-corrected chi connectivity index (χ0v) is 17.7. The Morgan fingerprint density at radius 1 is 1.52 bits per heavy atom. The van der Waals surface area contributed by atoms with Crippen molar-refractivity contribution in [3.8, 4) is 11.3 Å². The molecule has 0 bridgehead atoms. The molecule has 150 valence electrons. The summed E-state index contributed by atoms with van der Waals surface area (Å²) in [7, 11) is 1.81. The van der Waals surface area contributed by atoms with Crippen molar-refractivity contribution in [3.05, 3.63) is 58.6 Å². The lowest BCUT2D eigenvalue weighted by Crippen LogP contribution is -2.28. The highest BCUT2D eigenvalue weighted by Crippen LogP contribution is 2.32. The molecule has 0 aromatic carbocycles. The smallest absolute Gasteiger partial charge is 0.263 e. The van der Waals surface area contributed by atoms with Gasteiger partial charge in [-0.3, -0.25) is 14.2 Å². The summed E-state index contributed by atoms with van der Waals surface area (Å²) in [6, 6.07) is 3.62. The van der Waals surface area contributed by atoms with Crippen molar-refractivity contribution in [2.45, 2.75) is 31.0 Å². The summed E-state index contributed by atoms with van der Waals surface area (Å²) in [4.78, 5) is 32.9. The molecule has 1 aliphatic rings. The molecule has 3 heterocycles. The third kappa shape index (κ3) is 3.82. The molecule has 0 atom stereocenters. The topological polar surface area (TPSA) is 68.3 Å². The number of nitrogens with zero attached hydrogens (tertiary/aromatic N) is 3. The fourth-order valence-electron chi connectivity index (χ4n) is 3.36. The van der Waals surface area contributed by atoms with E-state index in [1.165, 1.54) is 23.1 Å². The third-order valence-corrected chi connectivity index (χ3v) is 6.74. The molecule has 8 heteroatoms. The Kier molecular flexibility index (Phi) is 5.73. The molecular weight excluding hydrogens is 406 g/mol.